The van der Waals surface area contributed by atoms with Gasteiger partial charge >= 0.3 is 5.97 Å². The van der Waals surface area contributed by atoms with E-state index in [1.54, 1.807) is 13.1 Å². The maximum atomic E-state index is 12.1. The summed E-state index contributed by atoms with van der Waals surface area (Å²) in [6.45, 7) is 4.31. The summed E-state index contributed by atoms with van der Waals surface area (Å²) in [7, 11) is -2.14. The Bertz CT molecular complexity index is 558. The van der Waals surface area contributed by atoms with Gasteiger partial charge in [0.2, 0.25) is 0 Å². The molecule has 0 atom stereocenters. The van der Waals surface area contributed by atoms with Crippen LogP contribution in [0.5, 0.6) is 0 Å². The molecule has 1 heterocycles. The molecule has 0 radical (unpaired) electrons. The zero-order chi connectivity index (χ0) is 14.1. The molecule has 0 saturated carbocycles. The number of nitrogens with zero attached hydrogens (tertiary/aromatic N) is 2. The van der Waals surface area contributed by atoms with Crippen LogP contribution in [0.15, 0.2) is 6.07 Å². The molecule has 18 heavy (non-hydrogen) atoms. The van der Waals surface area contributed by atoms with Crippen LogP contribution in [0.3, 0.4) is 0 Å². The highest BCUT2D eigenvalue weighted by Gasteiger charge is 2.42. The van der Waals surface area contributed by atoms with Gasteiger partial charge in [-0.2, -0.15) is 5.10 Å². The minimum absolute atomic E-state index is 0.324. The van der Waals surface area contributed by atoms with E-state index in [2.05, 4.69) is 5.10 Å². The van der Waals surface area contributed by atoms with Crippen molar-refractivity contribution >= 4 is 15.8 Å². The molecular weight excluding hydrogens is 256 g/mol. The standard InChI is InChI=1S/C11H18N2O4S/c1-5-8-6-9(13(4)12-8)7-18(16,17)11(2,3)10(14)15/h6H,5,7H2,1-4H3,(H,14,15). The molecule has 0 aliphatic heterocycles. The monoisotopic (exact) mass is 274 g/mol. The van der Waals surface area contributed by atoms with Crippen molar-refractivity contribution in [2.45, 2.75) is 37.7 Å². The number of rotatable bonds is 5. The molecule has 0 aliphatic carbocycles. The lowest BCUT2D eigenvalue weighted by Crippen LogP contribution is -2.41. The fraction of sp³-hybridized carbons (Fsp3) is 0.636. The first kappa shape index (κ1) is 14.7. The number of aliphatic carboxylic acids is 1. The van der Waals surface area contributed by atoms with Crippen LogP contribution in [0, 0.1) is 0 Å². The predicted octanol–water partition coefficient (Wildman–Crippen LogP) is 0.760. The maximum absolute atomic E-state index is 12.1. The number of hydrogen-bond donors (Lipinski definition) is 1. The lowest BCUT2D eigenvalue weighted by atomic mass is 10.2. The van der Waals surface area contributed by atoms with Gasteiger partial charge in [-0.15, -0.1) is 0 Å². The van der Waals surface area contributed by atoms with Gasteiger partial charge in [0.05, 0.1) is 17.1 Å². The Morgan fingerprint density at radius 1 is 1.50 bits per heavy atom. The summed E-state index contributed by atoms with van der Waals surface area (Å²) in [5.74, 6) is -1.67. The predicted molar refractivity (Wildman–Crippen MR) is 66.9 cm³/mol. The molecule has 0 bridgehead atoms. The van der Waals surface area contributed by atoms with Crippen molar-refractivity contribution in [1.82, 2.24) is 9.78 Å². The molecule has 7 heteroatoms. The molecule has 0 spiro atoms. The maximum Gasteiger partial charge on any atom is 0.324 e. The first-order valence-electron chi connectivity index (χ1n) is 5.59. The lowest BCUT2D eigenvalue weighted by Gasteiger charge is -2.19. The number of aryl methyl sites for hydroxylation is 2. The van der Waals surface area contributed by atoms with Crippen LogP contribution >= 0.6 is 0 Å². The van der Waals surface area contributed by atoms with E-state index in [1.165, 1.54) is 18.5 Å². The summed E-state index contributed by atoms with van der Waals surface area (Å²) >= 11 is 0. The third-order valence-corrected chi connectivity index (χ3v) is 5.43. The van der Waals surface area contributed by atoms with E-state index >= 15 is 0 Å². The Hall–Kier alpha value is -1.37. The van der Waals surface area contributed by atoms with E-state index in [9.17, 15) is 13.2 Å². The highest BCUT2D eigenvalue weighted by Crippen LogP contribution is 2.22. The van der Waals surface area contributed by atoms with Crippen molar-refractivity contribution in [3.8, 4) is 0 Å². The van der Waals surface area contributed by atoms with Crippen LogP contribution in [0.1, 0.15) is 32.2 Å². The zero-order valence-corrected chi connectivity index (χ0v) is 11.8. The van der Waals surface area contributed by atoms with Crippen molar-refractivity contribution in [3.63, 3.8) is 0 Å². The summed E-state index contributed by atoms with van der Waals surface area (Å²) in [6, 6.07) is 1.69. The topological polar surface area (TPSA) is 89.3 Å². The third-order valence-electron chi connectivity index (χ3n) is 3.02. The van der Waals surface area contributed by atoms with Crippen LogP contribution in [-0.2, 0) is 33.9 Å². The Kier molecular flexibility index (Phi) is 3.85. The minimum atomic E-state index is -3.79. The van der Waals surface area contributed by atoms with Gasteiger partial charge in [0, 0.05) is 7.05 Å². The van der Waals surface area contributed by atoms with Gasteiger partial charge in [-0.3, -0.25) is 9.48 Å². The number of hydrogen-bond acceptors (Lipinski definition) is 4. The number of carboxylic acid groups (broad SMARTS) is 1. The first-order chi connectivity index (χ1) is 8.11. The van der Waals surface area contributed by atoms with Crippen molar-refractivity contribution in [2.75, 3.05) is 0 Å². The molecule has 1 aromatic heterocycles. The summed E-state index contributed by atoms with van der Waals surface area (Å²) in [6.07, 6.45) is 0.705. The Morgan fingerprint density at radius 2 is 2.06 bits per heavy atom. The molecule has 0 unspecified atom stereocenters. The van der Waals surface area contributed by atoms with Gasteiger partial charge in [-0.05, 0) is 26.3 Å². The summed E-state index contributed by atoms with van der Waals surface area (Å²) in [5, 5.41) is 13.1. The fourth-order valence-corrected chi connectivity index (χ4v) is 2.67. The number of carbonyl (C=O) groups is 1. The average molecular weight is 274 g/mol. The molecule has 6 nitrogen and oxygen atoms in total. The Morgan fingerprint density at radius 3 is 2.44 bits per heavy atom. The second-order valence-corrected chi connectivity index (χ2v) is 7.22. The van der Waals surface area contributed by atoms with Gasteiger partial charge < -0.3 is 5.11 Å². The number of carboxylic acids is 1. The number of sulfone groups is 1. The molecule has 0 aliphatic rings. The average Bonchev–Trinajstić information content (AvgIpc) is 2.58. The van der Waals surface area contributed by atoms with Gasteiger partial charge in [0.15, 0.2) is 14.6 Å². The van der Waals surface area contributed by atoms with Gasteiger partial charge in [-0.1, -0.05) is 6.92 Å². The van der Waals surface area contributed by atoms with E-state index in [-0.39, 0.29) is 5.75 Å². The van der Waals surface area contributed by atoms with E-state index in [0.717, 1.165) is 5.69 Å². The van der Waals surface area contributed by atoms with Crippen LogP contribution in [-0.4, -0.2) is 34.0 Å². The molecule has 0 amide bonds. The highest BCUT2D eigenvalue weighted by molar-refractivity contribution is 7.92. The second-order valence-electron chi connectivity index (χ2n) is 4.68. The SMILES string of the molecule is CCc1cc(CS(=O)(=O)C(C)(C)C(=O)O)n(C)n1. The summed E-state index contributed by atoms with van der Waals surface area (Å²) in [4.78, 5) is 11.0. The molecule has 1 aromatic rings. The van der Waals surface area contributed by atoms with E-state index in [1.807, 2.05) is 6.92 Å². The lowest BCUT2D eigenvalue weighted by molar-refractivity contribution is -0.139. The molecule has 0 aromatic carbocycles. The van der Waals surface area contributed by atoms with Crippen molar-refractivity contribution in [1.29, 1.82) is 0 Å². The van der Waals surface area contributed by atoms with Crippen molar-refractivity contribution in [3.05, 3.63) is 17.5 Å². The van der Waals surface area contributed by atoms with Crippen LogP contribution < -0.4 is 0 Å². The Labute approximate surface area is 107 Å². The quantitative estimate of drug-likeness (QED) is 0.856. The van der Waals surface area contributed by atoms with Crippen LogP contribution in [0.4, 0.5) is 0 Å². The van der Waals surface area contributed by atoms with Crippen molar-refractivity contribution in [2.24, 2.45) is 7.05 Å². The van der Waals surface area contributed by atoms with Gasteiger partial charge in [0.1, 0.15) is 0 Å². The minimum Gasteiger partial charge on any atom is -0.480 e. The van der Waals surface area contributed by atoms with Crippen LogP contribution in [0.25, 0.3) is 0 Å². The van der Waals surface area contributed by atoms with Crippen molar-refractivity contribution < 1.29 is 18.3 Å². The normalized spacial score (nSPS) is 12.7. The van der Waals surface area contributed by atoms with Gasteiger partial charge in [0.25, 0.3) is 0 Å². The highest BCUT2D eigenvalue weighted by atomic mass is 32.2. The fourth-order valence-electron chi connectivity index (χ4n) is 1.39. The van der Waals surface area contributed by atoms with Gasteiger partial charge in [-0.25, -0.2) is 8.42 Å². The van der Waals surface area contributed by atoms with Crippen LogP contribution in [0.2, 0.25) is 0 Å². The smallest absolute Gasteiger partial charge is 0.324 e. The van der Waals surface area contributed by atoms with E-state index in [4.69, 9.17) is 5.11 Å². The first-order valence-corrected chi connectivity index (χ1v) is 7.24. The molecule has 1 rings (SSSR count). The molecule has 0 saturated heterocycles. The number of aromatic nitrogens is 2. The molecule has 0 fully saturated rings. The van der Waals surface area contributed by atoms with E-state index in [0.29, 0.717) is 12.1 Å². The largest absolute Gasteiger partial charge is 0.480 e. The second kappa shape index (κ2) is 4.72. The molecular formula is C11H18N2O4S. The van der Waals surface area contributed by atoms with E-state index < -0.39 is 20.6 Å². The molecule has 1 N–H and O–H groups in total. The third kappa shape index (κ3) is 2.55. The Balaban J connectivity index is 3.10. The summed E-state index contributed by atoms with van der Waals surface area (Å²) in [5.41, 5.74) is 1.29. The summed E-state index contributed by atoms with van der Waals surface area (Å²) < 4.78 is 23.9. The molecule has 102 valence electrons. The zero-order valence-electron chi connectivity index (χ0n) is 11.0.